The van der Waals surface area contributed by atoms with E-state index in [0.717, 1.165) is 19.3 Å². The van der Waals surface area contributed by atoms with Gasteiger partial charge in [0, 0.05) is 37.8 Å². The SMILES string of the molecule is CN(C)C(=O)C1CCCC(NC(=O)c2ccc(-c3cccc(F)c3)nc2)C1. The zero-order valence-electron chi connectivity index (χ0n) is 15.6. The molecule has 1 saturated carbocycles. The molecule has 2 aromatic rings. The lowest BCUT2D eigenvalue weighted by molar-refractivity contribution is -0.134. The second kappa shape index (κ2) is 8.29. The second-order valence-corrected chi connectivity index (χ2v) is 7.21. The van der Waals surface area contributed by atoms with Gasteiger partial charge in [-0.2, -0.15) is 0 Å². The van der Waals surface area contributed by atoms with Crippen LogP contribution in [0.2, 0.25) is 0 Å². The first-order chi connectivity index (χ1) is 12.9. The normalized spacial score (nSPS) is 19.4. The fourth-order valence-corrected chi connectivity index (χ4v) is 3.53. The number of nitrogens with zero attached hydrogens (tertiary/aromatic N) is 2. The smallest absolute Gasteiger partial charge is 0.253 e. The summed E-state index contributed by atoms with van der Waals surface area (Å²) in [5.74, 6) is -0.436. The Labute approximate surface area is 158 Å². The quantitative estimate of drug-likeness (QED) is 0.900. The van der Waals surface area contributed by atoms with Gasteiger partial charge in [0.1, 0.15) is 5.82 Å². The number of amides is 2. The fourth-order valence-electron chi connectivity index (χ4n) is 3.53. The molecule has 1 N–H and O–H groups in total. The number of pyridine rings is 1. The maximum Gasteiger partial charge on any atom is 0.253 e. The van der Waals surface area contributed by atoms with Crippen molar-refractivity contribution in [3.05, 3.63) is 54.0 Å². The van der Waals surface area contributed by atoms with Gasteiger partial charge in [0.05, 0.1) is 11.3 Å². The van der Waals surface area contributed by atoms with E-state index in [1.54, 1.807) is 43.3 Å². The highest BCUT2D eigenvalue weighted by molar-refractivity contribution is 5.94. The van der Waals surface area contributed by atoms with Crippen LogP contribution in [0.15, 0.2) is 42.6 Å². The van der Waals surface area contributed by atoms with Gasteiger partial charge in [0.15, 0.2) is 0 Å². The summed E-state index contributed by atoms with van der Waals surface area (Å²) >= 11 is 0. The Balaban J connectivity index is 1.63. The molecular formula is C21H24FN3O2. The molecule has 0 spiro atoms. The highest BCUT2D eigenvalue weighted by Gasteiger charge is 2.29. The standard InChI is InChI=1S/C21H24FN3O2/c1-25(2)21(27)15-6-4-8-18(12-15)24-20(26)16-9-10-19(23-13-16)14-5-3-7-17(22)11-14/h3,5,7,9-11,13,15,18H,4,6,8,12H2,1-2H3,(H,24,26). The lowest BCUT2D eigenvalue weighted by atomic mass is 9.84. The Bertz CT molecular complexity index is 820. The van der Waals surface area contributed by atoms with Crippen molar-refractivity contribution < 1.29 is 14.0 Å². The first-order valence-corrected chi connectivity index (χ1v) is 9.18. The number of rotatable bonds is 4. The zero-order valence-corrected chi connectivity index (χ0v) is 15.6. The van der Waals surface area contributed by atoms with Crippen molar-refractivity contribution in [2.45, 2.75) is 31.7 Å². The molecule has 1 aliphatic rings. The third-order valence-electron chi connectivity index (χ3n) is 4.95. The van der Waals surface area contributed by atoms with E-state index >= 15 is 0 Å². The molecule has 0 saturated heterocycles. The summed E-state index contributed by atoms with van der Waals surface area (Å²) in [4.78, 5) is 30.6. The highest BCUT2D eigenvalue weighted by atomic mass is 19.1. The topological polar surface area (TPSA) is 62.3 Å². The minimum absolute atomic E-state index is 0.0111. The second-order valence-electron chi connectivity index (χ2n) is 7.21. The van der Waals surface area contributed by atoms with Crippen molar-refractivity contribution in [1.82, 2.24) is 15.2 Å². The Morgan fingerprint density at radius 1 is 1.19 bits per heavy atom. The third kappa shape index (κ3) is 4.70. The predicted molar refractivity (Wildman–Crippen MR) is 102 cm³/mol. The molecule has 1 aliphatic carbocycles. The minimum atomic E-state index is -0.324. The van der Waals surface area contributed by atoms with Gasteiger partial charge < -0.3 is 10.2 Å². The molecule has 0 bridgehead atoms. The van der Waals surface area contributed by atoms with Gasteiger partial charge in [-0.15, -0.1) is 0 Å². The van der Waals surface area contributed by atoms with Crippen LogP contribution in [0.25, 0.3) is 11.3 Å². The van der Waals surface area contributed by atoms with Gasteiger partial charge in [0.25, 0.3) is 5.91 Å². The molecule has 5 nitrogen and oxygen atoms in total. The van der Waals surface area contributed by atoms with Crippen LogP contribution >= 0.6 is 0 Å². The summed E-state index contributed by atoms with van der Waals surface area (Å²) in [6.45, 7) is 0. The summed E-state index contributed by atoms with van der Waals surface area (Å²) in [6.07, 6.45) is 4.83. The van der Waals surface area contributed by atoms with E-state index < -0.39 is 0 Å². The summed E-state index contributed by atoms with van der Waals surface area (Å²) in [5, 5.41) is 3.02. The first kappa shape index (κ1) is 19.0. The first-order valence-electron chi connectivity index (χ1n) is 9.18. The number of carbonyl (C=O) groups excluding carboxylic acids is 2. The van der Waals surface area contributed by atoms with Crippen molar-refractivity contribution in [3.8, 4) is 11.3 Å². The lowest BCUT2D eigenvalue weighted by Crippen LogP contribution is -2.42. The predicted octanol–water partition coefficient (Wildman–Crippen LogP) is 3.26. The largest absolute Gasteiger partial charge is 0.349 e. The van der Waals surface area contributed by atoms with Gasteiger partial charge >= 0.3 is 0 Å². The molecule has 1 heterocycles. The molecule has 27 heavy (non-hydrogen) atoms. The molecule has 1 fully saturated rings. The number of hydrogen-bond acceptors (Lipinski definition) is 3. The highest BCUT2D eigenvalue weighted by Crippen LogP contribution is 2.26. The molecule has 2 unspecified atom stereocenters. The number of aromatic nitrogens is 1. The van der Waals surface area contributed by atoms with Crippen molar-refractivity contribution >= 4 is 11.8 Å². The molecule has 3 rings (SSSR count). The maximum absolute atomic E-state index is 13.3. The molecular weight excluding hydrogens is 345 g/mol. The Morgan fingerprint density at radius 2 is 2.00 bits per heavy atom. The van der Waals surface area contributed by atoms with E-state index in [0.29, 0.717) is 23.2 Å². The van der Waals surface area contributed by atoms with Crippen molar-refractivity contribution in [1.29, 1.82) is 0 Å². The average molecular weight is 369 g/mol. The fraction of sp³-hybridized carbons (Fsp3) is 0.381. The van der Waals surface area contributed by atoms with Gasteiger partial charge in [0.2, 0.25) is 5.91 Å². The third-order valence-corrected chi connectivity index (χ3v) is 4.95. The van der Waals surface area contributed by atoms with Crippen LogP contribution in [0.4, 0.5) is 4.39 Å². The van der Waals surface area contributed by atoms with Crippen molar-refractivity contribution in [3.63, 3.8) is 0 Å². The summed E-state index contributed by atoms with van der Waals surface area (Å²) in [5.41, 5.74) is 1.73. The molecule has 1 aromatic carbocycles. The van der Waals surface area contributed by atoms with E-state index in [4.69, 9.17) is 0 Å². The molecule has 2 amide bonds. The monoisotopic (exact) mass is 369 g/mol. The summed E-state index contributed by atoms with van der Waals surface area (Å²) in [7, 11) is 3.52. The van der Waals surface area contributed by atoms with Gasteiger partial charge in [-0.25, -0.2) is 4.39 Å². The van der Waals surface area contributed by atoms with Crippen LogP contribution in [0.1, 0.15) is 36.0 Å². The number of nitrogens with one attached hydrogen (secondary N) is 1. The number of benzene rings is 1. The minimum Gasteiger partial charge on any atom is -0.349 e. The van der Waals surface area contributed by atoms with Crippen LogP contribution in [0.5, 0.6) is 0 Å². The van der Waals surface area contributed by atoms with Gasteiger partial charge in [-0.3, -0.25) is 14.6 Å². The van der Waals surface area contributed by atoms with Crippen LogP contribution in [-0.2, 0) is 4.79 Å². The van der Waals surface area contributed by atoms with E-state index in [1.165, 1.54) is 18.3 Å². The van der Waals surface area contributed by atoms with Crippen LogP contribution in [0.3, 0.4) is 0 Å². The van der Waals surface area contributed by atoms with E-state index in [9.17, 15) is 14.0 Å². The molecule has 142 valence electrons. The summed E-state index contributed by atoms with van der Waals surface area (Å²) in [6, 6.07) is 9.58. The van der Waals surface area contributed by atoms with Gasteiger partial charge in [-0.1, -0.05) is 18.6 Å². The van der Waals surface area contributed by atoms with E-state index in [-0.39, 0.29) is 29.6 Å². The van der Waals surface area contributed by atoms with E-state index in [2.05, 4.69) is 10.3 Å². The molecule has 1 aromatic heterocycles. The molecule has 0 radical (unpaired) electrons. The Kier molecular flexibility index (Phi) is 5.84. The Hall–Kier alpha value is -2.76. The number of hydrogen-bond donors (Lipinski definition) is 1. The number of halogens is 1. The zero-order chi connectivity index (χ0) is 19.4. The molecule has 6 heteroatoms. The maximum atomic E-state index is 13.3. The van der Waals surface area contributed by atoms with Crippen LogP contribution in [0, 0.1) is 11.7 Å². The lowest BCUT2D eigenvalue weighted by Gasteiger charge is -2.30. The Morgan fingerprint density at radius 3 is 2.67 bits per heavy atom. The van der Waals surface area contributed by atoms with Crippen LogP contribution in [-0.4, -0.2) is 41.8 Å². The summed E-state index contributed by atoms with van der Waals surface area (Å²) < 4.78 is 13.3. The average Bonchev–Trinajstić information content (AvgIpc) is 2.67. The van der Waals surface area contributed by atoms with E-state index in [1.807, 2.05) is 0 Å². The van der Waals surface area contributed by atoms with Crippen molar-refractivity contribution in [2.24, 2.45) is 5.92 Å². The van der Waals surface area contributed by atoms with Crippen molar-refractivity contribution in [2.75, 3.05) is 14.1 Å². The van der Waals surface area contributed by atoms with Gasteiger partial charge in [-0.05, 0) is 43.5 Å². The molecule has 0 aliphatic heterocycles. The van der Waals surface area contributed by atoms with Crippen LogP contribution < -0.4 is 5.32 Å². The molecule has 2 atom stereocenters. The number of carbonyl (C=O) groups is 2.